The number of benzene rings is 2. The molecule has 0 amide bonds. The van der Waals surface area contributed by atoms with Crippen molar-refractivity contribution in [2.24, 2.45) is 17.8 Å². The van der Waals surface area contributed by atoms with Gasteiger partial charge in [-0.1, -0.05) is 82.7 Å². The van der Waals surface area contributed by atoms with Crippen LogP contribution in [0.3, 0.4) is 0 Å². The summed E-state index contributed by atoms with van der Waals surface area (Å²) in [7, 11) is 0. The highest BCUT2D eigenvalue weighted by Crippen LogP contribution is 2.37. The Hall–Kier alpha value is -2.14. The summed E-state index contributed by atoms with van der Waals surface area (Å²) in [6.45, 7) is 4.69. The highest BCUT2D eigenvalue weighted by atomic mass is 19.1. The molecule has 0 aromatic heterocycles. The van der Waals surface area contributed by atoms with E-state index < -0.39 is 5.82 Å². The Bertz CT molecular complexity index is 809. The summed E-state index contributed by atoms with van der Waals surface area (Å²) in [6, 6.07) is 15.2. The van der Waals surface area contributed by atoms with Crippen LogP contribution in [0.4, 0.5) is 4.39 Å². The van der Waals surface area contributed by atoms with Crippen LogP contribution in [0.2, 0.25) is 0 Å². The highest BCUT2D eigenvalue weighted by molar-refractivity contribution is 5.64. The van der Waals surface area contributed by atoms with Gasteiger partial charge >= 0.3 is 0 Å². The first-order chi connectivity index (χ1) is 14.1. The van der Waals surface area contributed by atoms with Crippen molar-refractivity contribution in [2.75, 3.05) is 0 Å². The second-order valence-corrected chi connectivity index (χ2v) is 8.96. The van der Waals surface area contributed by atoms with Gasteiger partial charge in [0.25, 0.3) is 0 Å². The van der Waals surface area contributed by atoms with Crippen molar-refractivity contribution in [2.45, 2.75) is 71.6 Å². The van der Waals surface area contributed by atoms with Gasteiger partial charge in [-0.3, -0.25) is 0 Å². The predicted octanol–water partition coefficient (Wildman–Crippen LogP) is 7.93. The lowest BCUT2D eigenvalue weighted by atomic mass is 9.73. The summed E-state index contributed by atoms with van der Waals surface area (Å²) in [6.07, 6.45) is 12.3. The fourth-order valence-electron chi connectivity index (χ4n) is 4.89. The molecule has 29 heavy (non-hydrogen) atoms. The molecule has 0 saturated heterocycles. The maximum Gasteiger partial charge on any atom is 0.141 e. The topological polar surface area (TPSA) is 23.8 Å². The van der Waals surface area contributed by atoms with Crippen molar-refractivity contribution < 1.29 is 4.39 Å². The minimum Gasteiger partial charge on any atom is -0.206 e. The Morgan fingerprint density at radius 2 is 1.69 bits per heavy atom. The molecule has 1 nitrogen and oxygen atoms in total. The normalized spacial score (nSPS) is 20.2. The third-order valence-electron chi connectivity index (χ3n) is 6.85. The molecule has 1 aliphatic carbocycles. The van der Waals surface area contributed by atoms with Crippen LogP contribution < -0.4 is 0 Å². The summed E-state index contributed by atoms with van der Waals surface area (Å²) in [5, 5.41) is 8.88. The smallest absolute Gasteiger partial charge is 0.141 e. The van der Waals surface area contributed by atoms with Gasteiger partial charge in [-0.2, -0.15) is 5.26 Å². The second kappa shape index (κ2) is 10.6. The van der Waals surface area contributed by atoms with E-state index in [1.807, 2.05) is 12.1 Å². The number of hydrogen-bond acceptors (Lipinski definition) is 1. The molecule has 2 aromatic rings. The SMILES string of the molecule is CCCCCC1CCC(C(C)Cc2ccc(-c3ccc(C#N)c(F)c3)cc2)CC1. The summed E-state index contributed by atoms with van der Waals surface area (Å²) in [4.78, 5) is 0. The van der Waals surface area contributed by atoms with Crippen LogP contribution in [0.1, 0.15) is 76.3 Å². The Balaban J connectivity index is 1.52. The van der Waals surface area contributed by atoms with Gasteiger partial charge in [-0.15, -0.1) is 0 Å². The lowest BCUT2D eigenvalue weighted by molar-refractivity contribution is 0.204. The standard InChI is InChI=1S/C27H34FN/c1-3-4-5-6-21-7-11-23(12-8-21)20(2)17-22-9-13-24(14-10-22)25-15-16-26(19-29)27(28)18-25/h9-10,13-16,18,20-21,23H,3-8,11-12,17H2,1-2H3. The van der Waals surface area contributed by atoms with Crippen molar-refractivity contribution in [1.82, 2.24) is 0 Å². The van der Waals surface area contributed by atoms with Gasteiger partial charge < -0.3 is 0 Å². The molecule has 3 rings (SSSR count). The predicted molar refractivity (Wildman–Crippen MR) is 119 cm³/mol. The molecule has 1 atom stereocenters. The van der Waals surface area contributed by atoms with E-state index in [9.17, 15) is 4.39 Å². The molecular formula is C27H34FN. The van der Waals surface area contributed by atoms with Crippen LogP contribution in [0.5, 0.6) is 0 Å². The monoisotopic (exact) mass is 391 g/mol. The summed E-state index contributed by atoms with van der Waals surface area (Å²) in [5.41, 5.74) is 3.28. The van der Waals surface area contributed by atoms with Gasteiger partial charge in [-0.05, 0) is 65.8 Å². The molecule has 2 heteroatoms. The molecule has 0 N–H and O–H groups in total. The van der Waals surface area contributed by atoms with Crippen molar-refractivity contribution in [3.63, 3.8) is 0 Å². The Morgan fingerprint density at radius 1 is 1.00 bits per heavy atom. The number of rotatable bonds is 8. The summed E-state index contributed by atoms with van der Waals surface area (Å²) >= 11 is 0. The van der Waals surface area contributed by atoms with Crippen molar-refractivity contribution in [1.29, 1.82) is 5.26 Å². The third kappa shape index (κ3) is 5.92. The molecule has 1 unspecified atom stereocenters. The Kier molecular flexibility index (Phi) is 7.87. The second-order valence-electron chi connectivity index (χ2n) is 8.96. The quantitative estimate of drug-likeness (QED) is 0.419. The van der Waals surface area contributed by atoms with Crippen LogP contribution in [-0.2, 0) is 6.42 Å². The fourth-order valence-corrected chi connectivity index (χ4v) is 4.89. The largest absolute Gasteiger partial charge is 0.206 e. The third-order valence-corrected chi connectivity index (χ3v) is 6.85. The minimum absolute atomic E-state index is 0.0966. The molecule has 1 aliphatic rings. The highest BCUT2D eigenvalue weighted by Gasteiger charge is 2.25. The van der Waals surface area contributed by atoms with Gasteiger partial charge in [0, 0.05) is 0 Å². The van der Waals surface area contributed by atoms with Crippen molar-refractivity contribution in [3.8, 4) is 17.2 Å². The fraction of sp³-hybridized carbons (Fsp3) is 0.519. The molecule has 1 saturated carbocycles. The number of nitrogens with zero attached hydrogens (tertiary/aromatic N) is 1. The van der Waals surface area contributed by atoms with Crippen LogP contribution in [0.25, 0.3) is 11.1 Å². The van der Waals surface area contributed by atoms with E-state index in [0.29, 0.717) is 5.92 Å². The molecule has 154 valence electrons. The van der Waals surface area contributed by atoms with Gasteiger partial charge in [0.2, 0.25) is 0 Å². The van der Waals surface area contributed by atoms with Crippen molar-refractivity contribution >= 4 is 0 Å². The molecular weight excluding hydrogens is 357 g/mol. The molecule has 0 bridgehead atoms. The molecule has 2 aromatic carbocycles. The van der Waals surface area contributed by atoms with Gasteiger partial charge in [0.05, 0.1) is 5.56 Å². The molecule has 0 aliphatic heterocycles. The zero-order chi connectivity index (χ0) is 20.6. The first-order valence-electron chi connectivity index (χ1n) is 11.4. The molecule has 0 heterocycles. The molecule has 0 radical (unpaired) electrons. The van der Waals surface area contributed by atoms with Crippen LogP contribution in [0.15, 0.2) is 42.5 Å². The van der Waals surface area contributed by atoms with E-state index >= 15 is 0 Å². The van der Waals surface area contributed by atoms with E-state index in [2.05, 4.69) is 38.1 Å². The van der Waals surface area contributed by atoms with Crippen LogP contribution in [-0.4, -0.2) is 0 Å². The van der Waals surface area contributed by atoms with Gasteiger partial charge in [0.15, 0.2) is 0 Å². The van der Waals surface area contributed by atoms with E-state index in [0.717, 1.165) is 29.4 Å². The zero-order valence-electron chi connectivity index (χ0n) is 18.0. The lowest BCUT2D eigenvalue weighted by Gasteiger charge is -2.32. The number of nitriles is 1. The Morgan fingerprint density at radius 3 is 2.31 bits per heavy atom. The maximum atomic E-state index is 13.9. The van der Waals surface area contributed by atoms with E-state index in [1.54, 1.807) is 6.07 Å². The number of unbranched alkanes of at least 4 members (excludes halogenated alkanes) is 2. The average molecular weight is 392 g/mol. The zero-order valence-corrected chi connectivity index (χ0v) is 18.0. The first kappa shape index (κ1) is 21.6. The molecule has 0 spiro atoms. The van der Waals surface area contributed by atoms with Crippen LogP contribution in [0, 0.1) is 34.9 Å². The molecule has 1 fully saturated rings. The number of halogens is 1. The summed E-state index contributed by atoms with van der Waals surface area (Å²) in [5.74, 6) is 2.08. The van der Waals surface area contributed by atoms with Gasteiger partial charge in [-0.25, -0.2) is 4.39 Å². The minimum atomic E-state index is -0.451. The van der Waals surface area contributed by atoms with Crippen molar-refractivity contribution in [3.05, 3.63) is 59.4 Å². The maximum absolute atomic E-state index is 13.9. The van der Waals surface area contributed by atoms with E-state index in [1.165, 1.54) is 63.0 Å². The number of hydrogen-bond donors (Lipinski definition) is 0. The van der Waals surface area contributed by atoms with Crippen LogP contribution >= 0.6 is 0 Å². The summed E-state index contributed by atoms with van der Waals surface area (Å²) < 4.78 is 13.9. The lowest BCUT2D eigenvalue weighted by Crippen LogP contribution is -2.21. The van der Waals surface area contributed by atoms with E-state index in [-0.39, 0.29) is 5.56 Å². The average Bonchev–Trinajstić information content (AvgIpc) is 2.75. The Labute approximate surface area is 176 Å². The van der Waals surface area contributed by atoms with Gasteiger partial charge in [0.1, 0.15) is 11.9 Å². The first-order valence-corrected chi connectivity index (χ1v) is 11.4. The van der Waals surface area contributed by atoms with E-state index in [4.69, 9.17) is 5.26 Å².